The van der Waals surface area contributed by atoms with E-state index >= 15 is 0 Å². The molecule has 0 aliphatic carbocycles. The Kier molecular flexibility index (Phi) is 5.71. The van der Waals surface area contributed by atoms with Gasteiger partial charge >= 0.3 is 0 Å². The fourth-order valence-electron chi connectivity index (χ4n) is 3.68. The van der Waals surface area contributed by atoms with E-state index in [9.17, 15) is 10.1 Å². The molecule has 0 radical (unpaired) electrons. The van der Waals surface area contributed by atoms with Crippen LogP contribution in [0, 0.1) is 18.3 Å². The van der Waals surface area contributed by atoms with Crippen molar-refractivity contribution in [2.45, 2.75) is 33.2 Å². The zero-order valence-electron chi connectivity index (χ0n) is 18.3. The van der Waals surface area contributed by atoms with Gasteiger partial charge in [0.25, 0.3) is 5.91 Å². The number of nitrogens with zero attached hydrogens (tertiary/aromatic N) is 2. The molecule has 30 heavy (non-hydrogen) atoms. The lowest BCUT2D eigenvalue weighted by Gasteiger charge is -2.41. The Labute approximate surface area is 178 Å². The molecule has 0 fully saturated rings. The minimum Gasteiger partial charge on any atom is -0.497 e. The fourth-order valence-corrected chi connectivity index (χ4v) is 3.68. The van der Waals surface area contributed by atoms with E-state index in [0.717, 1.165) is 22.4 Å². The summed E-state index contributed by atoms with van der Waals surface area (Å²) < 4.78 is 5.18. The number of hydrogen-bond donors (Lipinski definition) is 1. The van der Waals surface area contributed by atoms with Crippen molar-refractivity contribution < 1.29 is 9.53 Å². The molecule has 1 aliphatic heterocycles. The van der Waals surface area contributed by atoms with Crippen LogP contribution in [0.4, 0.5) is 11.4 Å². The third-order valence-electron chi connectivity index (χ3n) is 5.60. The first-order chi connectivity index (χ1) is 14.2. The Morgan fingerprint density at radius 2 is 1.97 bits per heavy atom. The molecular weight excluding hydrogens is 374 g/mol. The van der Waals surface area contributed by atoms with Gasteiger partial charge in [0.05, 0.1) is 12.6 Å². The molecule has 3 rings (SSSR count). The van der Waals surface area contributed by atoms with Crippen molar-refractivity contribution in [3.63, 3.8) is 0 Å². The van der Waals surface area contributed by atoms with Crippen molar-refractivity contribution in [3.8, 4) is 11.8 Å². The van der Waals surface area contributed by atoms with Gasteiger partial charge in [-0.3, -0.25) is 4.79 Å². The summed E-state index contributed by atoms with van der Waals surface area (Å²) in [7, 11) is 3.65. The molecule has 5 nitrogen and oxygen atoms in total. The number of allylic oxidation sites excluding steroid dienone is 1. The van der Waals surface area contributed by atoms with E-state index in [1.165, 1.54) is 5.57 Å². The van der Waals surface area contributed by atoms with E-state index in [2.05, 4.69) is 56.2 Å². The zero-order valence-corrected chi connectivity index (χ0v) is 18.3. The Bertz CT molecular complexity index is 1100. The van der Waals surface area contributed by atoms with Gasteiger partial charge in [-0.05, 0) is 74.7 Å². The van der Waals surface area contributed by atoms with Crippen molar-refractivity contribution >= 4 is 28.9 Å². The molecule has 5 heteroatoms. The molecule has 1 N–H and O–H groups in total. The van der Waals surface area contributed by atoms with Crippen LogP contribution in [-0.4, -0.2) is 25.6 Å². The van der Waals surface area contributed by atoms with Crippen LogP contribution in [0.1, 0.15) is 37.5 Å². The van der Waals surface area contributed by atoms with Gasteiger partial charge in [0.2, 0.25) is 0 Å². The molecule has 1 aliphatic rings. The van der Waals surface area contributed by atoms with Gasteiger partial charge in [-0.1, -0.05) is 12.1 Å². The van der Waals surface area contributed by atoms with Crippen LogP contribution in [0.3, 0.4) is 0 Å². The Balaban J connectivity index is 1.96. The highest BCUT2D eigenvalue weighted by molar-refractivity contribution is 6.10. The number of hydrogen-bond acceptors (Lipinski definition) is 4. The highest BCUT2D eigenvalue weighted by atomic mass is 16.5. The number of benzene rings is 2. The van der Waals surface area contributed by atoms with Crippen molar-refractivity contribution in [2.75, 3.05) is 24.4 Å². The van der Waals surface area contributed by atoms with Crippen molar-refractivity contribution in [2.24, 2.45) is 0 Å². The minimum atomic E-state index is -0.451. The molecule has 0 unspecified atom stereocenters. The van der Waals surface area contributed by atoms with Crippen LogP contribution in [-0.2, 0) is 4.79 Å². The summed E-state index contributed by atoms with van der Waals surface area (Å²) >= 11 is 0. The standard InChI is InChI=1S/C25H27N3O2/c1-16-10-23-22(17(2)14-25(3,4)28(23)5)12-18(16)11-19(15-26)24(29)27-20-8-7-9-21(13-20)30-6/h7-14H,1-6H3,(H,27,29)/b19-11+. The Hall–Kier alpha value is -3.52. The molecule has 0 bridgehead atoms. The number of likely N-dealkylation sites (N-methyl/N-ethyl adjacent to an activating group) is 1. The highest BCUT2D eigenvalue weighted by Gasteiger charge is 2.28. The second-order valence-corrected chi connectivity index (χ2v) is 8.12. The topological polar surface area (TPSA) is 65.4 Å². The highest BCUT2D eigenvalue weighted by Crippen LogP contribution is 2.39. The van der Waals surface area contributed by atoms with E-state index in [1.807, 2.05) is 13.0 Å². The SMILES string of the molecule is COc1cccc(NC(=O)/C(C#N)=C/c2cc3c(cc2C)N(C)C(C)(C)C=C3C)c1. The van der Waals surface area contributed by atoms with Crippen LogP contribution < -0.4 is 15.0 Å². The number of carbonyl (C=O) groups is 1. The molecule has 0 saturated carbocycles. The summed E-state index contributed by atoms with van der Waals surface area (Å²) in [5.41, 5.74) is 5.85. The molecular formula is C25H27N3O2. The number of methoxy groups -OCH3 is 1. The summed E-state index contributed by atoms with van der Waals surface area (Å²) in [5, 5.41) is 12.4. The molecule has 1 amide bonds. The summed E-state index contributed by atoms with van der Waals surface area (Å²) in [5.74, 6) is 0.184. The maximum atomic E-state index is 12.7. The van der Waals surface area contributed by atoms with Gasteiger partial charge in [-0.2, -0.15) is 5.26 Å². The molecule has 1 heterocycles. The van der Waals surface area contributed by atoms with Crippen LogP contribution in [0.2, 0.25) is 0 Å². The molecule has 0 saturated heterocycles. The minimum absolute atomic E-state index is 0.0481. The van der Waals surface area contributed by atoms with E-state index in [0.29, 0.717) is 11.4 Å². The van der Waals surface area contributed by atoms with Crippen LogP contribution >= 0.6 is 0 Å². The lowest BCUT2D eigenvalue weighted by Crippen LogP contribution is -2.42. The van der Waals surface area contributed by atoms with E-state index in [4.69, 9.17) is 4.74 Å². The van der Waals surface area contributed by atoms with Crippen LogP contribution in [0.15, 0.2) is 48.0 Å². The van der Waals surface area contributed by atoms with E-state index in [-0.39, 0.29) is 11.1 Å². The van der Waals surface area contributed by atoms with Gasteiger partial charge in [-0.15, -0.1) is 0 Å². The summed E-state index contributed by atoms with van der Waals surface area (Å²) in [6.45, 7) is 8.45. The third-order valence-corrected chi connectivity index (χ3v) is 5.60. The van der Waals surface area contributed by atoms with Crippen LogP contribution in [0.5, 0.6) is 5.75 Å². The molecule has 2 aromatic carbocycles. The predicted octanol–water partition coefficient (Wildman–Crippen LogP) is 5.18. The van der Waals surface area contributed by atoms with Crippen molar-refractivity contribution in [1.82, 2.24) is 0 Å². The van der Waals surface area contributed by atoms with Gasteiger partial charge in [0.15, 0.2) is 0 Å². The number of fused-ring (bicyclic) bond motifs is 1. The first-order valence-corrected chi connectivity index (χ1v) is 9.82. The molecule has 0 atom stereocenters. The Morgan fingerprint density at radius 3 is 2.63 bits per heavy atom. The maximum absolute atomic E-state index is 12.7. The number of amides is 1. The van der Waals surface area contributed by atoms with Crippen LogP contribution in [0.25, 0.3) is 11.6 Å². The second-order valence-electron chi connectivity index (χ2n) is 8.12. The fraction of sp³-hybridized carbons (Fsp3) is 0.280. The van der Waals surface area contributed by atoms with Gasteiger partial charge in [-0.25, -0.2) is 0 Å². The lowest BCUT2D eigenvalue weighted by atomic mass is 9.87. The maximum Gasteiger partial charge on any atom is 0.266 e. The molecule has 0 spiro atoms. The third kappa shape index (κ3) is 4.08. The number of aryl methyl sites for hydroxylation is 1. The number of anilines is 2. The molecule has 2 aromatic rings. The number of carbonyl (C=O) groups excluding carboxylic acids is 1. The lowest BCUT2D eigenvalue weighted by molar-refractivity contribution is -0.112. The first kappa shape index (κ1) is 21.2. The van der Waals surface area contributed by atoms with Gasteiger partial charge in [0, 0.05) is 30.1 Å². The smallest absolute Gasteiger partial charge is 0.266 e. The number of ether oxygens (including phenoxy) is 1. The molecule has 154 valence electrons. The normalized spacial score (nSPS) is 15.0. The van der Waals surface area contributed by atoms with E-state index < -0.39 is 5.91 Å². The summed E-state index contributed by atoms with van der Waals surface area (Å²) in [6, 6.07) is 13.2. The Morgan fingerprint density at radius 1 is 1.23 bits per heavy atom. The number of nitrogens with one attached hydrogen (secondary N) is 1. The zero-order chi connectivity index (χ0) is 22.1. The predicted molar refractivity (Wildman–Crippen MR) is 123 cm³/mol. The summed E-state index contributed by atoms with van der Waals surface area (Å²) in [6.07, 6.45) is 3.89. The van der Waals surface area contributed by atoms with E-state index in [1.54, 1.807) is 37.5 Å². The van der Waals surface area contributed by atoms with Crippen molar-refractivity contribution in [1.29, 1.82) is 5.26 Å². The number of nitriles is 1. The molecule has 0 aromatic heterocycles. The average Bonchev–Trinajstić information content (AvgIpc) is 2.70. The van der Waals surface area contributed by atoms with Crippen molar-refractivity contribution in [3.05, 3.63) is 64.7 Å². The largest absolute Gasteiger partial charge is 0.497 e. The quantitative estimate of drug-likeness (QED) is 0.566. The second kappa shape index (κ2) is 8.08. The number of rotatable bonds is 4. The monoisotopic (exact) mass is 401 g/mol. The van der Waals surface area contributed by atoms with Gasteiger partial charge < -0.3 is 15.0 Å². The first-order valence-electron chi connectivity index (χ1n) is 9.82. The summed E-state index contributed by atoms with van der Waals surface area (Å²) in [4.78, 5) is 14.9. The average molecular weight is 402 g/mol. The van der Waals surface area contributed by atoms with Gasteiger partial charge in [0.1, 0.15) is 17.4 Å².